The van der Waals surface area contributed by atoms with Gasteiger partial charge in [-0.15, -0.1) is 0 Å². The van der Waals surface area contributed by atoms with Crippen LogP contribution in [0.25, 0.3) is 0 Å². The second-order valence-corrected chi connectivity index (χ2v) is 8.27. The first kappa shape index (κ1) is 17.7. The van der Waals surface area contributed by atoms with Crippen molar-refractivity contribution in [1.29, 1.82) is 0 Å². The Morgan fingerprint density at radius 1 is 1.32 bits per heavy atom. The van der Waals surface area contributed by atoms with Gasteiger partial charge >= 0.3 is 0 Å². The maximum Gasteiger partial charge on any atom is 0.0753 e. The minimum atomic E-state index is -0.310. The first-order valence-electron chi connectivity index (χ1n) is 8.89. The van der Waals surface area contributed by atoms with E-state index in [1.807, 2.05) is 6.08 Å². The van der Waals surface area contributed by atoms with Gasteiger partial charge in [-0.1, -0.05) is 39.0 Å². The topological polar surface area (TPSA) is 40.5 Å². The number of fused-ring (bicyclic) bond motifs is 1. The molecular formula is C20H34O2. The second kappa shape index (κ2) is 6.49. The minimum absolute atomic E-state index is 0.0908. The maximum atomic E-state index is 10.3. The highest BCUT2D eigenvalue weighted by molar-refractivity contribution is 5.23. The largest absolute Gasteiger partial charge is 0.392 e. The fourth-order valence-electron chi connectivity index (χ4n) is 5.15. The first-order chi connectivity index (χ1) is 10.3. The van der Waals surface area contributed by atoms with Crippen LogP contribution in [0.3, 0.4) is 0 Å². The Morgan fingerprint density at radius 3 is 2.64 bits per heavy atom. The normalized spacial score (nSPS) is 43.1. The number of hydrogen-bond donors (Lipinski definition) is 2. The smallest absolute Gasteiger partial charge is 0.0753 e. The Morgan fingerprint density at radius 2 is 2.00 bits per heavy atom. The van der Waals surface area contributed by atoms with Gasteiger partial charge in [0.1, 0.15) is 0 Å². The van der Waals surface area contributed by atoms with E-state index in [2.05, 4.69) is 34.3 Å². The van der Waals surface area contributed by atoms with Crippen molar-refractivity contribution in [2.75, 3.05) is 6.61 Å². The van der Waals surface area contributed by atoms with Gasteiger partial charge in [0.25, 0.3) is 0 Å². The zero-order valence-corrected chi connectivity index (χ0v) is 14.9. The molecular weight excluding hydrogens is 272 g/mol. The summed E-state index contributed by atoms with van der Waals surface area (Å²) in [5, 5.41) is 19.3. The summed E-state index contributed by atoms with van der Waals surface area (Å²) < 4.78 is 0. The van der Waals surface area contributed by atoms with E-state index in [0.29, 0.717) is 17.3 Å². The second-order valence-electron chi connectivity index (χ2n) is 8.27. The molecule has 0 amide bonds. The third-order valence-electron chi connectivity index (χ3n) is 7.15. The van der Waals surface area contributed by atoms with Crippen LogP contribution in [0.4, 0.5) is 0 Å². The van der Waals surface area contributed by atoms with Crippen molar-refractivity contribution in [3.8, 4) is 0 Å². The molecule has 0 aromatic rings. The predicted octanol–water partition coefficient (Wildman–Crippen LogP) is 4.47. The Bertz CT molecular complexity index is 453. The molecule has 5 atom stereocenters. The molecule has 2 N–H and O–H groups in total. The van der Waals surface area contributed by atoms with E-state index in [0.717, 1.165) is 31.3 Å². The summed E-state index contributed by atoms with van der Waals surface area (Å²) in [6, 6.07) is 0. The molecule has 0 heterocycles. The van der Waals surface area contributed by atoms with Crippen molar-refractivity contribution < 1.29 is 10.2 Å². The highest BCUT2D eigenvalue weighted by Gasteiger charge is 2.55. The number of aliphatic hydroxyl groups is 2. The monoisotopic (exact) mass is 306 g/mol. The van der Waals surface area contributed by atoms with Crippen molar-refractivity contribution in [3.63, 3.8) is 0 Å². The molecule has 0 aromatic carbocycles. The van der Waals surface area contributed by atoms with Crippen molar-refractivity contribution in [3.05, 3.63) is 23.8 Å². The average Bonchev–Trinajstić information content (AvgIpc) is 2.47. The lowest BCUT2D eigenvalue weighted by Crippen LogP contribution is -2.52. The van der Waals surface area contributed by atoms with Crippen LogP contribution < -0.4 is 0 Å². The molecule has 0 aliphatic heterocycles. The lowest BCUT2D eigenvalue weighted by Gasteiger charge is -2.59. The maximum absolute atomic E-state index is 10.3. The summed E-state index contributed by atoms with van der Waals surface area (Å²) in [4.78, 5) is 0. The van der Waals surface area contributed by atoms with Gasteiger partial charge < -0.3 is 10.2 Å². The number of allylic oxidation sites excluding steroid dienone is 1. The highest BCUT2D eigenvalue weighted by Crippen LogP contribution is 2.62. The number of rotatable bonds is 4. The minimum Gasteiger partial charge on any atom is -0.392 e. The van der Waals surface area contributed by atoms with Crippen molar-refractivity contribution >= 4 is 0 Å². The molecule has 0 spiro atoms. The number of hydrogen-bond acceptors (Lipinski definition) is 2. The zero-order valence-electron chi connectivity index (χ0n) is 14.9. The molecule has 2 saturated carbocycles. The highest BCUT2D eigenvalue weighted by atomic mass is 16.3. The van der Waals surface area contributed by atoms with Crippen LogP contribution in [0.5, 0.6) is 0 Å². The molecule has 2 fully saturated rings. The molecule has 2 heteroatoms. The fraction of sp³-hybridized carbons (Fsp3) is 0.800. The van der Waals surface area contributed by atoms with Crippen LogP contribution in [0.2, 0.25) is 0 Å². The van der Waals surface area contributed by atoms with Crippen LogP contribution in [0.15, 0.2) is 23.8 Å². The van der Waals surface area contributed by atoms with Crippen molar-refractivity contribution in [2.24, 2.45) is 22.7 Å². The molecule has 2 aliphatic rings. The Kier molecular flexibility index (Phi) is 5.23. The van der Waals surface area contributed by atoms with Gasteiger partial charge in [-0.05, 0) is 73.7 Å². The van der Waals surface area contributed by atoms with Crippen LogP contribution in [-0.4, -0.2) is 22.9 Å². The summed E-state index contributed by atoms with van der Waals surface area (Å²) in [5.41, 5.74) is 2.75. The Labute approximate surface area is 136 Å². The van der Waals surface area contributed by atoms with E-state index in [4.69, 9.17) is 5.11 Å². The molecule has 2 nitrogen and oxygen atoms in total. The summed E-state index contributed by atoms with van der Waals surface area (Å²) in [7, 11) is 0. The third kappa shape index (κ3) is 2.92. The fourth-order valence-corrected chi connectivity index (χ4v) is 5.15. The third-order valence-corrected chi connectivity index (χ3v) is 7.15. The van der Waals surface area contributed by atoms with E-state index in [-0.39, 0.29) is 18.1 Å². The number of aliphatic hydroxyl groups excluding tert-OH is 2. The molecule has 2 aliphatic carbocycles. The molecule has 0 saturated heterocycles. The van der Waals surface area contributed by atoms with Crippen LogP contribution in [-0.2, 0) is 0 Å². The lowest BCUT2D eigenvalue weighted by atomic mass is 9.46. The summed E-state index contributed by atoms with van der Waals surface area (Å²) in [6.07, 6.45) is 8.21. The van der Waals surface area contributed by atoms with Gasteiger partial charge in [-0.25, -0.2) is 0 Å². The van der Waals surface area contributed by atoms with E-state index < -0.39 is 0 Å². The van der Waals surface area contributed by atoms with Gasteiger partial charge in [0.15, 0.2) is 0 Å². The van der Waals surface area contributed by atoms with Crippen molar-refractivity contribution in [1.82, 2.24) is 0 Å². The van der Waals surface area contributed by atoms with Crippen LogP contribution >= 0.6 is 0 Å². The summed E-state index contributed by atoms with van der Waals surface area (Å²) in [6.45, 7) is 13.7. The van der Waals surface area contributed by atoms with Crippen LogP contribution in [0, 0.1) is 22.7 Å². The van der Waals surface area contributed by atoms with E-state index in [1.54, 1.807) is 0 Å². The van der Waals surface area contributed by atoms with Crippen LogP contribution in [0.1, 0.15) is 66.2 Å². The van der Waals surface area contributed by atoms with Crippen molar-refractivity contribution in [2.45, 2.75) is 72.3 Å². The first-order valence-corrected chi connectivity index (χ1v) is 8.89. The molecule has 22 heavy (non-hydrogen) atoms. The zero-order chi connectivity index (χ0) is 16.5. The molecule has 0 radical (unpaired) electrons. The Balaban J connectivity index is 2.24. The van der Waals surface area contributed by atoms with Gasteiger partial charge in [0.2, 0.25) is 0 Å². The summed E-state index contributed by atoms with van der Waals surface area (Å²) in [5.74, 6) is 1.32. The van der Waals surface area contributed by atoms with E-state index >= 15 is 0 Å². The van der Waals surface area contributed by atoms with E-state index in [9.17, 15) is 5.11 Å². The van der Waals surface area contributed by atoms with E-state index in [1.165, 1.54) is 18.4 Å². The molecule has 0 bridgehead atoms. The van der Waals surface area contributed by atoms with Gasteiger partial charge in [0, 0.05) is 0 Å². The molecule has 126 valence electrons. The standard InChI is InChI=1S/C20H34O2/c1-14(10-13-21)8-11-19(4)15(2)9-12-20(5)16(3)17(22)6-7-18(19)20/h10,15,17-18,21-22H,3,6-9,11-13H2,1-2,4-5H3. The van der Waals surface area contributed by atoms with Gasteiger partial charge in [0.05, 0.1) is 12.7 Å². The Hall–Kier alpha value is -0.600. The molecule has 5 unspecified atom stereocenters. The van der Waals surface area contributed by atoms with Gasteiger partial charge in [-0.2, -0.15) is 0 Å². The average molecular weight is 306 g/mol. The quantitative estimate of drug-likeness (QED) is 0.752. The lowest BCUT2D eigenvalue weighted by molar-refractivity contribution is -0.0730. The molecule has 0 aromatic heterocycles. The molecule has 2 rings (SSSR count). The van der Waals surface area contributed by atoms with Gasteiger partial charge in [-0.3, -0.25) is 0 Å². The SMILES string of the molecule is C=C1C(O)CCC2C1(C)CCC(C)C2(C)CCC(C)=CCO. The summed E-state index contributed by atoms with van der Waals surface area (Å²) >= 11 is 0. The predicted molar refractivity (Wildman–Crippen MR) is 92.6 cm³/mol.